The number of hydrogen-bond acceptors (Lipinski definition) is 0. The van der Waals surface area contributed by atoms with E-state index in [0.29, 0.717) is 0 Å². The molecule has 0 amide bonds. The van der Waals surface area contributed by atoms with Crippen LogP contribution in [0.25, 0.3) is 0 Å². The van der Waals surface area contributed by atoms with Gasteiger partial charge in [-0.3, -0.25) is 0 Å². The molecule has 1 rings (SSSR count). The zero-order valence-corrected chi connectivity index (χ0v) is 7.03. The fourth-order valence-corrected chi connectivity index (χ4v) is 1.64. The Balaban J connectivity index is 1.91. The smallest absolute Gasteiger partial charge is 0.127 e. The fourth-order valence-electron chi connectivity index (χ4n) is 1.64. The van der Waals surface area contributed by atoms with E-state index in [1.807, 2.05) is 4.90 Å². The predicted molar refractivity (Wildman–Crippen MR) is 42.1 cm³/mol. The SMILES string of the molecule is CC[NH2+]CC[NH+]1CCCC1. The monoisotopic (exact) mass is 144 g/mol. The van der Waals surface area contributed by atoms with Crippen molar-refractivity contribution in [3.05, 3.63) is 0 Å². The summed E-state index contributed by atoms with van der Waals surface area (Å²) >= 11 is 0. The maximum absolute atomic E-state index is 2.39. The van der Waals surface area contributed by atoms with E-state index in [1.165, 1.54) is 45.6 Å². The lowest BCUT2D eigenvalue weighted by Gasteiger charge is -2.09. The molecule has 2 nitrogen and oxygen atoms in total. The second-order valence-corrected chi connectivity index (χ2v) is 3.19. The van der Waals surface area contributed by atoms with Crippen molar-refractivity contribution in [3.8, 4) is 0 Å². The van der Waals surface area contributed by atoms with Crippen LogP contribution in [0.5, 0.6) is 0 Å². The summed E-state index contributed by atoms with van der Waals surface area (Å²) in [6.45, 7) is 9.03. The van der Waals surface area contributed by atoms with Crippen molar-refractivity contribution in [2.24, 2.45) is 0 Å². The van der Waals surface area contributed by atoms with Gasteiger partial charge in [-0.05, 0) is 6.92 Å². The van der Waals surface area contributed by atoms with Crippen molar-refractivity contribution in [2.45, 2.75) is 19.8 Å². The Hall–Kier alpha value is -0.0800. The van der Waals surface area contributed by atoms with Crippen molar-refractivity contribution in [1.29, 1.82) is 0 Å². The Labute approximate surface area is 63.6 Å². The molecule has 0 atom stereocenters. The average molecular weight is 144 g/mol. The van der Waals surface area contributed by atoms with Gasteiger partial charge in [0, 0.05) is 12.8 Å². The average Bonchev–Trinajstić information content (AvgIpc) is 2.41. The maximum atomic E-state index is 2.39. The summed E-state index contributed by atoms with van der Waals surface area (Å²) in [5.74, 6) is 0. The lowest BCUT2D eigenvalue weighted by molar-refractivity contribution is -0.900. The van der Waals surface area contributed by atoms with Gasteiger partial charge in [-0.15, -0.1) is 0 Å². The van der Waals surface area contributed by atoms with Crippen LogP contribution in [-0.4, -0.2) is 32.7 Å². The molecule has 0 aliphatic carbocycles. The minimum atomic E-state index is 1.24. The van der Waals surface area contributed by atoms with Crippen molar-refractivity contribution in [2.75, 3.05) is 32.7 Å². The standard InChI is InChI=1S/C8H18N2/c1-2-9-5-8-10-6-3-4-7-10/h9H,2-8H2,1H3/p+2. The van der Waals surface area contributed by atoms with Gasteiger partial charge in [-0.25, -0.2) is 0 Å². The number of nitrogens with two attached hydrogens (primary N) is 1. The molecule has 0 aromatic rings. The van der Waals surface area contributed by atoms with Gasteiger partial charge in [0.15, 0.2) is 0 Å². The predicted octanol–water partition coefficient (Wildman–Crippen LogP) is -1.75. The third-order valence-electron chi connectivity index (χ3n) is 2.30. The van der Waals surface area contributed by atoms with Crippen LogP contribution in [0, 0.1) is 0 Å². The van der Waals surface area contributed by atoms with E-state index in [4.69, 9.17) is 0 Å². The molecule has 1 saturated heterocycles. The summed E-state index contributed by atoms with van der Waals surface area (Å²) in [6, 6.07) is 0. The van der Waals surface area contributed by atoms with E-state index in [9.17, 15) is 0 Å². The molecule has 0 bridgehead atoms. The Morgan fingerprint density at radius 3 is 2.60 bits per heavy atom. The Bertz CT molecular complexity index is 77.3. The first-order valence-corrected chi connectivity index (χ1v) is 4.58. The van der Waals surface area contributed by atoms with Gasteiger partial charge < -0.3 is 10.2 Å². The van der Waals surface area contributed by atoms with Crippen molar-refractivity contribution < 1.29 is 10.2 Å². The normalized spacial score (nSPS) is 20.1. The molecule has 0 saturated carbocycles. The van der Waals surface area contributed by atoms with Gasteiger partial charge in [-0.2, -0.15) is 0 Å². The van der Waals surface area contributed by atoms with Gasteiger partial charge in [0.1, 0.15) is 13.1 Å². The van der Waals surface area contributed by atoms with E-state index in [1.54, 1.807) is 0 Å². The first-order chi connectivity index (χ1) is 4.93. The maximum Gasteiger partial charge on any atom is 0.127 e. The van der Waals surface area contributed by atoms with E-state index in [2.05, 4.69) is 12.2 Å². The molecule has 1 heterocycles. The van der Waals surface area contributed by atoms with Crippen LogP contribution < -0.4 is 10.2 Å². The van der Waals surface area contributed by atoms with Crippen LogP contribution in [0.2, 0.25) is 0 Å². The minimum absolute atomic E-state index is 1.24. The number of rotatable bonds is 4. The lowest BCUT2D eigenvalue weighted by Crippen LogP contribution is -3.12. The van der Waals surface area contributed by atoms with Crippen LogP contribution in [0.4, 0.5) is 0 Å². The summed E-state index contributed by atoms with van der Waals surface area (Å²) < 4.78 is 0. The highest BCUT2D eigenvalue weighted by atomic mass is 15.1. The molecular formula is C8H20N2+2. The zero-order valence-electron chi connectivity index (χ0n) is 7.03. The first-order valence-electron chi connectivity index (χ1n) is 4.58. The number of hydrogen-bond donors (Lipinski definition) is 2. The van der Waals surface area contributed by atoms with Crippen molar-refractivity contribution in [3.63, 3.8) is 0 Å². The molecule has 3 N–H and O–H groups in total. The Morgan fingerprint density at radius 2 is 2.00 bits per heavy atom. The molecule has 0 radical (unpaired) electrons. The van der Waals surface area contributed by atoms with Gasteiger partial charge in [-0.1, -0.05) is 0 Å². The highest BCUT2D eigenvalue weighted by molar-refractivity contribution is 4.43. The van der Waals surface area contributed by atoms with Gasteiger partial charge in [0.05, 0.1) is 19.6 Å². The summed E-state index contributed by atoms with van der Waals surface area (Å²) in [5.41, 5.74) is 0. The van der Waals surface area contributed by atoms with Crippen LogP contribution in [0.3, 0.4) is 0 Å². The molecule has 1 aliphatic heterocycles. The summed E-state index contributed by atoms with van der Waals surface area (Å²) in [4.78, 5) is 1.82. The van der Waals surface area contributed by atoms with Gasteiger partial charge in [0.25, 0.3) is 0 Å². The van der Waals surface area contributed by atoms with Crippen LogP contribution in [-0.2, 0) is 0 Å². The molecule has 1 fully saturated rings. The molecular weight excluding hydrogens is 124 g/mol. The molecule has 60 valence electrons. The third-order valence-corrected chi connectivity index (χ3v) is 2.30. The van der Waals surface area contributed by atoms with Crippen LogP contribution >= 0.6 is 0 Å². The number of nitrogens with one attached hydrogen (secondary N) is 1. The quantitative estimate of drug-likeness (QED) is 0.437. The summed E-state index contributed by atoms with van der Waals surface area (Å²) in [7, 11) is 0. The molecule has 0 aromatic carbocycles. The third kappa shape index (κ3) is 2.67. The second-order valence-electron chi connectivity index (χ2n) is 3.19. The lowest BCUT2D eigenvalue weighted by atomic mass is 10.4. The topological polar surface area (TPSA) is 21.1 Å². The van der Waals surface area contributed by atoms with Crippen LogP contribution in [0.1, 0.15) is 19.8 Å². The first kappa shape index (κ1) is 8.02. The van der Waals surface area contributed by atoms with E-state index >= 15 is 0 Å². The molecule has 0 unspecified atom stereocenters. The molecule has 0 spiro atoms. The van der Waals surface area contributed by atoms with E-state index in [-0.39, 0.29) is 0 Å². The van der Waals surface area contributed by atoms with E-state index in [0.717, 1.165) is 0 Å². The molecule has 1 aliphatic rings. The van der Waals surface area contributed by atoms with Gasteiger partial charge >= 0.3 is 0 Å². The van der Waals surface area contributed by atoms with Crippen LogP contribution in [0.15, 0.2) is 0 Å². The minimum Gasteiger partial charge on any atom is -0.342 e. The van der Waals surface area contributed by atoms with Crippen molar-refractivity contribution in [1.82, 2.24) is 0 Å². The fraction of sp³-hybridized carbons (Fsp3) is 1.00. The highest BCUT2D eigenvalue weighted by Crippen LogP contribution is 1.85. The zero-order chi connectivity index (χ0) is 7.23. The Kier molecular flexibility index (Phi) is 3.76. The highest BCUT2D eigenvalue weighted by Gasteiger charge is 2.14. The number of quaternary nitrogens is 2. The van der Waals surface area contributed by atoms with E-state index < -0.39 is 0 Å². The number of likely N-dealkylation sites (tertiary alicyclic amines) is 1. The second kappa shape index (κ2) is 4.69. The Morgan fingerprint density at radius 1 is 1.30 bits per heavy atom. The molecule has 0 aromatic heterocycles. The number of likely N-dealkylation sites (N-methyl/N-ethyl adjacent to an activating group) is 1. The van der Waals surface area contributed by atoms with Gasteiger partial charge in [0.2, 0.25) is 0 Å². The van der Waals surface area contributed by atoms with Crippen molar-refractivity contribution >= 4 is 0 Å². The largest absolute Gasteiger partial charge is 0.342 e. The summed E-state index contributed by atoms with van der Waals surface area (Å²) in [5, 5.41) is 2.39. The molecule has 10 heavy (non-hydrogen) atoms. The molecule has 2 heteroatoms. The summed E-state index contributed by atoms with van der Waals surface area (Å²) in [6.07, 6.45) is 2.92.